The standard InChI is InChI=1S/C25H27F3N2/c1-17(24(2)13-4-14-24)30-23-16-29-22-12-9-19(15-21(22)23)6-3-5-18-7-10-20(11-8-18)25(26,27)28/h7-12,15-16,29-30H,1,3-6,13-14H2,2H3. The van der Waals surface area contributed by atoms with E-state index < -0.39 is 11.7 Å². The molecule has 3 aromatic rings. The van der Waals surface area contributed by atoms with Crippen molar-refractivity contribution in [1.82, 2.24) is 4.98 Å². The van der Waals surface area contributed by atoms with Crippen molar-refractivity contribution in [3.8, 4) is 0 Å². The van der Waals surface area contributed by atoms with Gasteiger partial charge in [-0.15, -0.1) is 0 Å². The molecule has 158 valence electrons. The smallest absolute Gasteiger partial charge is 0.359 e. The Kier molecular flexibility index (Phi) is 5.39. The van der Waals surface area contributed by atoms with Gasteiger partial charge in [-0.3, -0.25) is 0 Å². The van der Waals surface area contributed by atoms with Crippen molar-refractivity contribution in [1.29, 1.82) is 0 Å². The Bertz CT molecular complexity index is 1040. The zero-order valence-electron chi connectivity index (χ0n) is 17.2. The minimum absolute atomic E-state index is 0.183. The van der Waals surface area contributed by atoms with Crippen LogP contribution in [0.4, 0.5) is 18.9 Å². The Hall–Kier alpha value is -2.69. The van der Waals surface area contributed by atoms with Crippen molar-refractivity contribution in [3.05, 3.63) is 77.6 Å². The summed E-state index contributed by atoms with van der Waals surface area (Å²) >= 11 is 0. The van der Waals surface area contributed by atoms with Crippen LogP contribution in [0, 0.1) is 5.41 Å². The largest absolute Gasteiger partial charge is 0.416 e. The number of fused-ring (bicyclic) bond motifs is 1. The summed E-state index contributed by atoms with van der Waals surface area (Å²) in [4.78, 5) is 3.31. The Labute approximate surface area is 175 Å². The van der Waals surface area contributed by atoms with E-state index in [0.29, 0.717) is 0 Å². The highest BCUT2D eigenvalue weighted by atomic mass is 19.4. The van der Waals surface area contributed by atoms with E-state index in [1.54, 1.807) is 12.1 Å². The van der Waals surface area contributed by atoms with Gasteiger partial charge in [0.2, 0.25) is 0 Å². The van der Waals surface area contributed by atoms with Gasteiger partial charge < -0.3 is 10.3 Å². The number of aromatic amines is 1. The summed E-state index contributed by atoms with van der Waals surface area (Å²) in [5, 5.41) is 4.66. The molecule has 5 heteroatoms. The minimum atomic E-state index is -4.28. The average Bonchev–Trinajstić information content (AvgIpc) is 3.08. The number of halogens is 3. The van der Waals surface area contributed by atoms with Gasteiger partial charge >= 0.3 is 6.18 Å². The van der Waals surface area contributed by atoms with Crippen LogP contribution in [0.15, 0.2) is 60.9 Å². The maximum absolute atomic E-state index is 12.7. The molecule has 0 bridgehead atoms. The fourth-order valence-electron chi connectivity index (χ4n) is 4.11. The van der Waals surface area contributed by atoms with Gasteiger partial charge in [-0.25, -0.2) is 0 Å². The summed E-state index contributed by atoms with van der Waals surface area (Å²) < 4.78 is 38.0. The molecular formula is C25H27F3N2. The van der Waals surface area contributed by atoms with Crippen molar-refractivity contribution in [2.24, 2.45) is 5.41 Å². The topological polar surface area (TPSA) is 27.8 Å². The van der Waals surface area contributed by atoms with E-state index in [0.717, 1.165) is 59.2 Å². The highest BCUT2D eigenvalue weighted by molar-refractivity contribution is 5.93. The number of allylic oxidation sites excluding steroid dienone is 1. The predicted octanol–water partition coefficient (Wildman–Crippen LogP) is 7.48. The van der Waals surface area contributed by atoms with E-state index in [2.05, 4.69) is 42.0 Å². The molecule has 0 atom stereocenters. The molecule has 1 fully saturated rings. The summed E-state index contributed by atoms with van der Waals surface area (Å²) in [6, 6.07) is 11.9. The van der Waals surface area contributed by atoms with Gasteiger partial charge in [0.05, 0.1) is 11.3 Å². The second kappa shape index (κ2) is 7.86. The van der Waals surface area contributed by atoms with E-state index in [4.69, 9.17) is 0 Å². The normalized spacial score (nSPS) is 15.7. The van der Waals surface area contributed by atoms with Gasteiger partial charge in [-0.2, -0.15) is 13.2 Å². The molecule has 30 heavy (non-hydrogen) atoms. The second-order valence-electron chi connectivity index (χ2n) is 8.65. The van der Waals surface area contributed by atoms with Crippen molar-refractivity contribution in [3.63, 3.8) is 0 Å². The fourth-order valence-corrected chi connectivity index (χ4v) is 4.11. The number of rotatable bonds is 7. The second-order valence-corrected chi connectivity index (χ2v) is 8.65. The van der Waals surface area contributed by atoms with Gasteiger partial charge in [-0.05, 0) is 67.5 Å². The first-order chi connectivity index (χ1) is 14.2. The van der Waals surface area contributed by atoms with E-state index >= 15 is 0 Å². The van der Waals surface area contributed by atoms with Gasteiger partial charge in [-0.1, -0.05) is 38.1 Å². The number of alkyl halides is 3. The lowest BCUT2D eigenvalue weighted by atomic mass is 9.68. The molecule has 1 aliphatic carbocycles. The summed E-state index contributed by atoms with van der Waals surface area (Å²) in [6.45, 7) is 6.52. The number of aryl methyl sites for hydroxylation is 2. The molecule has 0 unspecified atom stereocenters. The van der Waals surface area contributed by atoms with Gasteiger partial charge in [0.25, 0.3) is 0 Å². The monoisotopic (exact) mass is 412 g/mol. The van der Waals surface area contributed by atoms with Gasteiger partial charge in [0, 0.05) is 28.2 Å². The van der Waals surface area contributed by atoms with Crippen LogP contribution in [0.1, 0.15) is 49.3 Å². The van der Waals surface area contributed by atoms with Gasteiger partial charge in [0.1, 0.15) is 0 Å². The van der Waals surface area contributed by atoms with E-state index in [1.165, 1.54) is 24.8 Å². The molecule has 1 heterocycles. The maximum Gasteiger partial charge on any atom is 0.416 e. The predicted molar refractivity (Wildman–Crippen MR) is 116 cm³/mol. The molecule has 4 rings (SSSR count). The molecule has 0 aliphatic heterocycles. The fraction of sp³-hybridized carbons (Fsp3) is 0.360. The Morgan fingerprint density at radius 1 is 1.07 bits per heavy atom. The number of nitrogens with one attached hydrogen (secondary N) is 2. The molecule has 0 saturated heterocycles. The Morgan fingerprint density at radius 3 is 2.37 bits per heavy atom. The SMILES string of the molecule is C=C(Nc1c[nH]c2ccc(CCCc3ccc(C(F)(F)F)cc3)cc12)C1(C)CCC1. The van der Waals surface area contributed by atoms with Crippen LogP contribution < -0.4 is 5.32 Å². The van der Waals surface area contributed by atoms with E-state index in [-0.39, 0.29) is 5.41 Å². The quantitative estimate of drug-likeness (QED) is 0.414. The van der Waals surface area contributed by atoms with Crippen LogP contribution in [-0.4, -0.2) is 4.98 Å². The molecule has 1 saturated carbocycles. The number of benzene rings is 2. The van der Waals surface area contributed by atoms with Crippen LogP contribution in [-0.2, 0) is 19.0 Å². The molecule has 2 aromatic carbocycles. The molecule has 1 aromatic heterocycles. The highest BCUT2D eigenvalue weighted by Gasteiger charge is 2.35. The van der Waals surface area contributed by atoms with Crippen molar-refractivity contribution in [2.75, 3.05) is 5.32 Å². The highest BCUT2D eigenvalue weighted by Crippen LogP contribution is 2.46. The first-order valence-corrected chi connectivity index (χ1v) is 10.5. The van der Waals surface area contributed by atoms with Crippen LogP contribution in [0.3, 0.4) is 0 Å². The van der Waals surface area contributed by atoms with Crippen molar-refractivity contribution < 1.29 is 13.2 Å². The molecule has 2 N–H and O–H groups in total. The summed E-state index contributed by atoms with van der Waals surface area (Å²) in [7, 11) is 0. The number of anilines is 1. The zero-order chi connectivity index (χ0) is 21.4. The van der Waals surface area contributed by atoms with E-state index in [9.17, 15) is 13.2 Å². The zero-order valence-corrected chi connectivity index (χ0v) is 17.2. The third-order valence-electron chi connectivity index (χ3n) is 6.43. The number of aromatic nitrogens is 1. The molecule has 2 nitrogen and oxygen atoms in total. The van der Waals surface area contributed by atoms with Crippen molar-refractivity contribution in [2.45, 2.75) is 51.6 Å². The summed E-state index contributed by atoms with van der Waals surface area (Å²) in [6.07, 6.45) is 3.83. The molecule has 0 radical (unpaired) electrons. The molecule has 1 aliphatic rings. The maximum atomic E-state index is 12.7. The van der Waals surface area contributed by atoms with Crippen LogP contribution in [0.2, 0.25) is 0 Å². The van der Waals surface area contributed by atoms with Crippen LogP contribution in [0.25, 0.3) is 10.9 Å². The number of hydrogen-bond donors (Lipinski definition) is 2. The van der Waals surface area contributed by atoms with Crippen molar-refractivity contribution >= 4 is 16.6 Å². The van der Waals surface area contributed by atoms with Gasteiger partial charge in [0.15, 0.2) is 0 Å². The lowest BCUT2D eigenvalue weighted by Crippen LogP contribution is -2.30. The summed E-state index contributed by atoms with van der Waals surface area (Å²) in [5.41, 5.74) is 4.94. The van der Waals surface area contributed by atoms with Crippen LogP contribution >= 0.6 is 0 Å². The molecular weight excluding hydrogens is 385 g/mol. The number of hydrogen-bond acceptors (Lipinski definition) is 1. The van der Waals surface area contributed by atoms with E-state index in [1.807, 2.05) is 6.20 Å². The lowest BCUT2D eigenvalue weighted by molar-refractivity contribution is -0.137. The third kappa shape index (κ3) is 4.25. The number of H-pyrrole nitrogens is 1. The Balaban J connectivity index is 1.39. The first kappa shape index (κ1) is 20.6. The molecule has 0 amide bonds. The molecule has 0 spiro atoms. The van der Waals surface area contributed by atoms with Crippen LogP contribution in [0.5, 0.6) is 0 Å². The summed E-state index contributed by atoms with van der Waals surface area (Å²) in [5.74, 6) is 0. The minimum Gasteiger partial charge on any atom is -0.359 e. The third-order valence-corrected chi connectivity index (χ3v) is 6.43. The first-order valence-electron chi connectivity index (χ1n) is 10.5. The lowest BCUT2D eigenvalue weighted by Gasteiger charge is -2.40. The average molecular weight is 412 g/mol. The Morgan fingerprint density at radius 2 is 1.73 bits per heavy atom.